The van der Waals surface area contributed by atoms with Gasteiger partial charge in [0.1, 0.15) is 0 Å². The Labute approximate surface area is 61.0 Å². The van der Waals surface area contributed by atoms with Crippen LogP contribution in [-0.4, -0.2) is 10.9 Å². The van der Waals surface area contributed by atoms with Crippen molar-refractivity contribution >= 4 is 11.1 Å². The Balaban J connectivity index is 2.71. The molecule has 1 heterocycles. The lowest BCUT2D eigenvalue weighted by atomic mass is 10.5. The number of nitrogens with zero attached hydrogens (tertiary/aromatic N) is 1. The number of nitrogens with two attached hydrogens (primary N) is 1. The molecular formula is C5H8N2O2S. The summed E-state index contributed by atoms with van der Waals surface area (Å²) >= 11 is -1.29. The first-order chi connectivity index (χ1) is 4.75. The number of hydrogen-bond donors (Lipinski definition) is 2. The van der Waals surface area contributed by atoms with Gasteiger partial charge in [-0.2, -0.15) is 0 Å². The number of nitro groups is 1. The lowest BCUT2D eigenvalue weighted by Crippen LogP contribution is -2.04. The monoisotopic (exact) mass is 160 g/mol. The molecule has 0 saturated heterocycles. The number of rotatable bonds is 2. The van der Waals surface area contributed by atoms with E-state index < -0.39 is 11.1 Å². The lowest BCUT2D eigenvalue weighted by molar-refractivity contribution is -0.287. The average molecular weight is 160 g/mol. The minimum absolute atomic E-state index is 0.280. The highest BCUT2D eigenvalue weighted by molar-refractivity contribution is 8.17. The molecular weight excluding hydrogens is 152 g/mol. The maximum absolute atomic E-state index is 10.3. The minimum Gasteiger partial charge on any atom is -0.326 e. The summed E-state index contributed by atoms with van der Waals surface area (Å²) < 4.78 is -0.280. The van der Waals surface area contributed by atoms with Gasteiger partial charge in [-0.1, -0.05) is 6.08 Å². The zero-order valence-electron chi connectivity index (χ0n) is 5.23. The van der Waals surface area contributed by atoms with Crippen LogP contribution in [0, 0.1) is 10.1 Å². The van der Waals surface area contributed by atoms with Gasteiger partial charge in [-0.25, -0.2) is 0 Å². The Kier molecular flexibility index (Phi) is 2.08. The summed E-state index contributed by atoms with van der Waals surface area (Å²) in [6.07, 6.45) is 3.41. The first kappa shape index (κ1) is 7.30. The molecule has 0 spiro atoms. The molecule has 0 aliphatic carbocycles. The molecule has 1 atom stereocenters. The van der Waals surface area contributed by atoms with Crippen LogP contribution < -0.4 is 5.73 Å². The van der Waals surface area contributed by atoms with Crippen LogP contribution in [0.15, 0.2) is 22.5 Å². The molecule has 1 rings (SSSR count). The quantitative estimate of drug-likeness (QED) is 0.352. The van der Waals surface area contributed by atoms with Gasteiger partial charge in [0.25, 0.3) is 0 Å². The van der Waals surface area contributed by atoms with E-state index in [1.54, 1.807) is 17.6 Å². The first-order valence-electron chi connectivity index (χ1n) is 2.76. The van der Waals surface area contributed by atoms with Crippen molar-refractivity contribution in [3.05, 3.63) is 32.6 Å². The molecule has 5 heteroatoms. The van der Waals surface area contributed by atoms with Crippen molar-refractivity contribution in [1.82, 2.24) is 0 Å². The van der Waals surface area contributed by atoms with Crippen molar-refractivity contribution in [2.45, 2.75) is 0 Å². The molecule has 1 aliphatic heterocycles. The first-order valence-corrected chi connectivity index (χ1v) is 4.13. The molecule has 10 heavy (non-hydrogen) atoms. The van der Waals surface area contributed by atoms with Crippen molar-refractivity contribution in [2.75, 3.05) is 6.54 Å². The summed E-state index contributed by atoms with van der Waals surface area (Å²) in [5.41, 5.74) is 5.27. The SMILES string of the molecule is NCC1=CC=C[SH]1[N+](=O)[O-]. The lowest BCUT2D eigenvalue weighted by Gasteiger charge is -2.05. The third-order valence-electron chi connectivity index (χ3n) is 1.20. The molecule has 0 amide bonds. The van der Waals surface area contributed by atoms with E-state index in [0.717, 1.165) is 4.91 Å². The molecule has 0 saturated carbocycles. The Morgan fingerprint density at radius 2 is 2.50 bits per heavy atom. The molecule has 0 bridgehead atoms. The summed E-state index contributed by atoms with van der Waals surface area (Å²) in [6, 6.07) is 0. The van der Waals surface area contributed by atoms with Gasteiger partial charge < -0.3 is 5.73 Å². The van der Waals surface area contributed by atoms with E-state index in [4.69, 9.17) is 5.73 Å². The van der Waals surface area contributed by atoms with Crippen molar-refractivity contribution < 1.29 is 4.33 Å². The van der Waals surface area contributed by atoms with E-state index in [-0.39, 0.29) is 4.33 Å². The number of hydrogen-bond acceptors (Lipinski definition) is 3. The summed E-state index contributed by atoms with van der Waals surface area (Å²) in [4.78, 5) is 11.0. The van der Waals surface area contributed by atoms with Gasteiger partial charge >= 0.3 is 0 Å². The average Bonchev–Trinajstić information content (AvgIpc) is 2.33. The molecule has 0 aromatic carbocycles. The van der Waals surface area contributed by atoms with Gasteiger partial charge in [-0.3, -0.25) is 10.1 Å². The van der Waals surface area contributed by atoms with Crippen LogP contribution in [0.25, 0.3) is 0 Å². The van der Waals surface area contributed by atoms with Crippen molar-refractivity contribution in [3.63, 3.8) is 0 Å². The summed E-state index contributed by atoms with van der Waals surface area (Å²) in [7, 11) is 0. The van der Waals surface area contributed by atoms with Crippen molar-refractivity contribution in [1.29, 1.82) is 0 Å². The number of allylic oxidation sites excluding steroid dienone is 2. The van der Waals surface area contributed by atoms with Crippen molar-refractivity contribution in [2.24, 2.45) is 5.73 Å². The largest absolute Gasteiger partial charge is 0.326 e. The normalized spacial score (nSPS) is 26.5. The molecule has 56 valence electrons. The van der Waals surface area contributed by atoms with E-state index in [9.17, 15) is 10.1 Å². The van der Waals surface area contributed by atoms with Crippen LogP contribution in [-0.2, 0) is 0 Å². The minimum atomic E-state index is -1.29. The topological polar surface area (TPSA) is 69.2 Å². The van der Waals surface area contributed by atoms with Crippen LogP contribution in [0.2, 0.25) is 0 Å². The van der Waals surface area contributed by atoms with E-state index in [1.165, 1.54) is 0 Å². The molecule has 0 aromatic heterocycles. The molecule has 1 aliphatic rings. The van der Waals surface area contributed by atoms with Crippen molar-refractivity contribution in [3.8, 4) is 0 Å². The van der Waals surface area contributed by atoms with Crippen LogP contribution in [0.4, 0.5) is 0 Å². The Morgan fingerprint density at radius 1 is 1.80 bits per heavy atom. The third kappa shape index (κ3) is 1.19. The van der Waals surface area contributed by atoms with Crippen LogP contribution in [0.5, 0.6) is 0 Å². The van der Waals surface area contributed by atoms with Gasteiger partial charge in [-0.05, 0) is 6.08 Å². The second-order valence-corrected chi connectivity index (χ2v) is 3.67. The van der Waals surface area contributed by atoms with Crippen LogP contribution in [0.1, 0.15) is 0 Å². The zero-order valence-corrected chi connectivity index (χ0v) is 6.12. The Morgan fingerprint density at radius 3 is 2.90 bits per heavy atom. The van der Waals surface area contributed by atoms with Crippen LogP contribution >= 0.6 is 11.1 Å². The summed E-state index contributed by atoms with van der Waals surface area (Å²) in [6.45, 7) is 0.291. The highest BCUT2D eigenvalue weighted by Gasteiger charge is 2.18. The predicted octanol–water partition coefficient (Wildman–Crippen LogP) is 0.549. The Bertz CT molecular complexity index is 212. The molecule has 0 aromatic rings. The standard InChI is InChI=1S/C5H8N2O2S/c6-4-5-2-1-3-10(5)7(8)9/h1-3,10H,4,6H2. The van der Waals surface area contributed by atoms with Gasteiger partial charge in [0.2, 0.25) is 0 Å². The molecule has 0 radical (unpaired) electrons. The van der Waals surface area contributed by atoms with Gasteiger partial charge in [-0.15, -0.1) is 0 Å². The maximum atomic E-state index is 10.3. The van der Waals surface area contributed by atoms with Gasteiger partial charge in [0.15, 0.2) is 0 Å². The maximum Gasteiger partial charge on any atom is 0.0767 e. The molecule has 0 fully saturated rings. The second-order valence-electron chi connectivity index (χ2n) is 1.79. The van der Waals surface area contributed by atoms with E-state index in [2.05, 4.69) is 0 Å². The fraction of sp³-hybridized carbons (Fsp3) is 0.200. The fourth-order valence-corrected chi connectivity index (χ4v) is 1.91. The smallest absolute Gasteiger partial charge is 0.0767 e. The van der Waals surface area contributed by atoms with Gasteiger partial charge in [0.05, 0.1) is 15.4 Å². The highest BCUT2D eigenvalue weighted by atomic mass is 32.2. The Hall–Kier alpha value is -0.810. The molecule has 1 unspecified atom stereocenters. The van der Waals surface area contributed by atoms with Crippen LogP contribution in [0.3, 0.4) is 0 Å². The van der Waals surface area contributed by atoms with Gasteiger partial charge in [0, 0.05) is 16.9 Å². The summed E-state index contributed by atoms with van der Waals surface area (Å²) in [5, 5.41) is 11.9. The zero-order chi connectivity index (χ0) is 7.56. The molecule has 2 N–H and O–H groups in total. The highest BCUT2D eigenvalue weighted by Crippen LogP contribution is 2.39. The number of thiol groups is 1. The predicted molar refractivity (Wildman–Crippen MR) is 42.3 cm³/mol. The summed E-state index contributed by atoms with van der Waals surface area (Å²) in [5.74, 6) is 0. The second kappa shape index (κ2) is 2.85. The third-order valence-corrected chi connectivity index (χ3v) is 2.92. The van der Waals surface area contributed by atoms with E-state index in [0.29, 0.717) is 6.54 Å². The fourth-order valence-electron chi connectivity index (χ4n) is 0.729. The molecule has 4 nitrogen and oxygen atoms in total. The van der Waals surface area contributed by atoms with E-state index >= 15 is 0 Å². The van der Waals surface area contributed by atoms with E-state index in [1.807, 2.05) is 0 Å².